The molecule has 0 aliphatic carbocycles. The molecule has 0 fully saturated rings. The topological polar surface area (TPSA) is 81.5 Å². The van der Waals surface area contributed by atoms with Gasteiger partial charge in [-0.2, -0.15) is 0 Å². The maximum absolute atomic E-state index is 11.9. The number of rotatable bonds is 5. The number of carbonyl (C=O) groups is 1. The lowest BCUT2D eigenvalue weighted by atomic mass is 10.1. The summed E-state index contributed by atoms with van der Waals surface area (Å²) >= 11 is 5.85. The molecule has 104 valence electrons. The number of ether oxygens (including phenoxy) is 1. The highest BCUT2D eigenvalue weighted by atomic mass is 35.5. The van der Waals surface area contributed by atoms with Crippen molar-refractivity contribution in [3.05, 3.63) is 38.9 Å². The van der Waals surface area contributed by atoms with E-state index >= 15 is 0 Å². The van der Waals surface area contributed by atoms with E-state index in [0.717, 1.165) is 0 Å². The van der Waals surface area contributed by atoms with Gasteiger partial charge in [-0.3, -0.25) is 14.9 Å². The van der Waals surface area contributed by atoms with Gasteiger partial charge in [-0.15, -0.1) is 0 Å². The molecule has 1 N–H and O–H groups in total. The Morgan fingerprint density at radius 1 is 1.53 bits per heavy atom. The molecule has 0 bridgehead atoms. The second-order valence-corrected chi connectivity index (χ2v) is 4.92. The van der Waals surface area contributed by atoms with Crippen LogP contribution in [0.25, 0.3) is 0 Å². The van der Waals surface area contributed by atoms with Crippen LogP contribution in [0.1, 0.15) is 24.2 Å². The Morgan fingerprint density at radius 3 is 2.68 bits per heavy atom. The van der Waals surface area contributed by atoms with Crippen LogP contribution in [-0.2, 0) is 4.74 Å². The normalized spacial score (nSPS) is 11.2. The average Bonchev–Trinajstić information content (AvgIpc) is 2.36. The van der Waals surface area contributed by atoms with Crippen LogP contribution >= 0.6 is 11.6 Å². The van der Waals surface area contributed by atoms with Gasteiger partial charge in [-0.05, 0) is 19.9 Å². The van der Waals surface area contributed by atoms with Crippen molar-refractivity contribution in [2.24, 2.45) is 0 Å². The van der Waals surface area contributed by atoms with Gasteiger partial charge in [-0.25, -0.2) is 0 Å². The maximum Gasteiger partial charge on any atom is 0.288 e. The van der Waals surface area contributed by atoms with Crippen molar-refractivity contribution in [3.8, 4) is 0 Å². The molecule has 0 heterocycles. The number of amides is 1. The molecular weight excluding hydrogens is 272 g/mol. The molecule has 0 aromatic heterocycles. The summed E-state index contributed by atoms with van der Waals surface area (Å²) in [6.45, 7) is 3.88. The van der Waals surface area contributed by atoms with Crippen LogP contribution in [0.5, 0.6) is 0 Å². The van der Waals surface area contributed by atoms with Gasteiger partial charge in [-0.1, -0.05) is 17.7 Å². The van der Waals surface area contributed by atoms with E-state index in [-0.39, 0.29) is 22.8 Å². The second kappa shape index (κ2) is 5.99. The van der Waals surface area contributed by atoms with Crippen molar-refractivity contribution in [3.63, 3.8) is 0 Å². The molecule has 0 unspecified atom stereocenters. The fourth-order valence-electron chi connectivity index (χ4n) is 1.30. The number of carbonyl (C=O) groups excluding carboxylic acids is 1. The predicted octanol–water partition coefficient (Wildman–Crippen LogP) is 2.40. The molecule has 1 aromatic carbocycles. The SMILES string of the molecule is COC(C)(C)CNC(=O)c1cccc([N+](=O)[O-])c1Cl. The number of nitrogens with zero attached hydrogens (tertiary/aromatic N) is 1. The van der Waals surface area contributed by atoms with Crippen molar-refractivity contribution in [1.82, 2.24) is 5.32 Å². The van der Waals surface area contributed by atoms with Crippen LogP contribution in [0.4, 0.5) is 5.69 Å². The first-order valence-corrected chi connectivity index (χ1v) is 5.92. The van der Waals surface area contributed by atoms with Gasteiger partial charge >= 0.3 is 0 Å². The lowest BCUT2D eigenvalue weighted by molar-refractivity contribution is -0.384. The highest BCUT2D eigenvalue weighted by Gasteiger charge is 2.22. The van der Waals surface area contributed by atoms with Gasteiger partial charge in [0.25, 0.3) is 11.6 Å². The summed E-state index contributed by atoms with van der Waals surface area (Å²) in [5.41, 5.74) is -0.744. The first kappa shape index (κ1) is 15.4. The number of methoxy groups -OCH3 is 1. The van der Waals surface area contributed by atoms with Gasteiger partial charge in [0.15, 0.2) is 0 Å². The van der Waals surface area contributed by atoms with Crippen LogP contribution in [0.2, 0.25) is 5.02 Å². The van der Waals surface area contributed by atoms with E-state index in [4.69, 9.17) is 16.3 Å². The van der Waals surface area contributed by atoms with E-state index < -0.39 is 16.4 Å². The number of nitrogens with one attached hydrogen (secondary N) is 1. The van der Waals surface area contributed by atoms with Crippen molar-refractivity contribution < 1.29 is 14.5 Å². The van der Waals surface area contributed by atoms with Crippen LogP contribution in [-0.4, -0.2) is 30.1 Å². The van der Waals surface area contributed by atoms with E-state index in [2.05, 4.69) is 5.32 Å². The van der Waals surface area contributed by atoms with Gasteiger partial charge in [0.05, 0.1) is 16.1 Å². The van der Waals surface area contributed by atoms with Crippen molar-refractivity contribution in [2.75, 3.05) is 13.7 Å². The van der Waals surface area contributed by atoms with Crippen LogP contribution in [0, 0.1) is 10.1 Å². The van der Waals surface area contributed by atoms with E-state index in [1.807, 2.05) is 13.8 Å². The molecule has 0 atom stereocenters. The first-order valence-electron chi connectivity index (χ1n) is 5.55. The summed E-state index contributed by atoms with van der Waals surface area (Å²) < 4.78 is 5.16. The smallest absolute Gasteiger partial charge is 0.288 e. The van der Waals surface area contributed by atoms with Crippen molar-refractivity contribution in [1.29, 1.82) is 0 Å². The number of benzene rings is 1. The highest BCUT2D eigenvalue weighted by molar-refractivity contribution is 6.35. The Morgan fingerprint density at radius 2 is 2.16 bits per heavy atom. The van der Waals surface area contributed by atoms with Crippen molar-refractivity contribution in [2.45, 2.75) is 19.4 Å². The lowest BCUT2D eigenvalue weighted by Crippen LogP contribution is -2.39. The Labute approximate surface area is 115 Å². The minimum absolute atomic E-state index is 0.0720. The third-order valence-corrected chi connectivity index (χ3v) is 3.04. The Balaban J connectivity index is 2.89. The summed E-state index contributed by atoms with van der Waals surface area (Å²) in [4.78, 5) is 22.0. The number of nitro benzene ring substituents is 1. The summed E-state index contributed by atoms with van der Waals surface area (Å²) in [5.74, 6) is -0.473. The standard InChI is InChI=1S/C12H15ClN2O4/c1-12(2,19-3)7-14-11(16)8-5-4-6-9(10(8)13)15(17)18/h4-6H,7H2,1-3H3,(H,14,16). The van der Waals surface area contributed by atoms with E-state index in [1.54, 1.807) is 0 Å². The summed E-state index contributed by atoms with van der Waals surface area (Å²) in [6, 6.07) is 4.10. The summed E-state index contributed by atoms with van der Waals surface area (Å²) in [7, 11) is 1.53. The molecule has 1 rings (SSSR count). The number of nitro groups is 1. The molecule has 0 aliphatic heterocycles. The monoisotopic (exact) mass is 286 g/mol. The van der Waals surface area contributed by atoms with Gasteiger partial charge in [0.1, 0.15) is 5.02 Å². The predicted molar refractivity (Wildman–Crippen MR) is 71.5 cm³/mol. The molecule has 1 amide bonds. The quantitative estimate of drug-likeness (QED) is 0.665. The fraction of sp³-hybridized carbons (Fsp3) is 0.417. The molecular formula is C12H15ClN2O4. The Hall–Kier alpha value is -1.66. The molecule has 7 heteroatoms. The molecule has 0 saturated heterocycles. The Kier molecular flexibility index (Phi) is 4.85. The lowest BCUT2D eigenvalue weighted by Gasteiger charge is -2.23. The molecule has 0 saturated carbocycles. The first-order chi connectivity index (χ1) is 8.78. The number of halogens is 1. The maximum atomic E-state index is 11.9. The van der Waals surface area contributed by atoms with E-state index in [1.165, 1.54) is 25.3 Å². The Bertz CT molecular complexity index is 503. The second-order valence-electron chi connectivity index (χ2n) is 4.54. The third-order valence-electron chi connectivity index (χ3n) is 2.65. The van der Waals surface area contributed by atoms with Gasteiger partial charge in [0.2, 0.25) is 0 Å². The fourth-order valence-corrected chi connectivity index (χ4v) is 1.58. The van der Waals surface area contributed by atoms with Gasteiger partial charge < -0.3 is 10.1 Å². The molecule has 0 aliphatic rings. The summed E-state index contributed by atoms with van der Waals surface area (Å²) in [5, 5.41) is 13.2. The zero-order chi connectivity index (χ0) is 14.6. The third kappa shape index (κ3) is 3.90. The molecule has 1 aromatic rings. The molecule has 0 radical (unpaired) electrons. The van der Waals surface area contributed by atoms with Crippen LogP contribution in [0.3, 0.4) is 0 Å². The summed E-state index contributed by atoms with van der Waals surface area (Å²) in [6.07, 6.45) is 0. The minimum Gasteiger partial charge on any atom is -0.377 e. The van der Waals surface area contributed by atoms with Gasteiger partial charge in [0, 0.05) is 19.7 Å². The average molecular weight is 287 g/mol. The molecule has 6 nitrogen and oxygen atoms in total. The minimum atomic E-state index is -0.627. The van der Waals surface area contributed by atoms with Crippen molar-refractivity contribution >= 4 is 23.2 Å². The largest absolute Gasteiger partial charge is 0.377 e. The van der Waals surface area contributed by atoms with Crippen LogP contribution in [0.15, 0.2) is 18.2 Å². The van der Waals surface area contributed by atoms with E-state index in [0.29, 0.717) is 0 Å². The zero-order valence-electron chi connectivity index (χ0n) is 10.9. The van der Waals surface area contributed by atoms with Crippen LogP contribution < -0.4 is 5.32 Å². The van der Waals surface area contributed by atoms with E-state index in [9.17, 15) is 14.9 Å². The zero-order valence-corrected chi connectivity index (χ0v) is 11.7. The number of hydrogen-bond donors (Lipinski definition) is 1. The number of hydrogen-bond acceptors (Lipinski definition) is 4. The highest BCUT2D eigenvalue weighted by Crippen LogP contribution is 2.27. The molecule has 19 heavy (non-hydrogen) atoms. The molecule has 0 spiro atoms.